The number of hydrogen-bond acceptors (Lipinski definition) is 4. The van der Waals surface area contributed by atoms with E-state index in [-0.39, 0.29) is 23.3 Å². The molecule has 0 spiro atoms. The van der Waals surface area contributed by atoms with Crippen molar-refractivity contribution in [1.29, 1.82) is 0 Å². The summed E-state index contributed by atoms with van der Waals surface area (Å²) in [5.41, 5.74) is 1.80. The molecule has 0 bridgehead atoms. The van der Waals surface area contributed by atoms with Crippen LogP contribution in [0.4, 0.5) is 11.4 Å². The minimum Gasteiger partial charge on any atom is -0.394 e. The number of aliphatic hydroxyl groups is 1. The number of aliphatic hydroxyl groups excluding tert-OH is 1. The van der Waals surface area contributed by atoms with Gasteiger partial charge in [-0.05, 0) is 31.9 Å². The molecule has 5 heteroatoms. The molecular weight excluding hydrogens is 244 g/mol. The number of anilines is 1. The summed E-state index contributed by atoms with van der Waals surface area (Å²) >= 11 is 0. The van der Waals surface area contributed by atoms with Crippen LogP contribution in [-0.2, 0) is 0 Å². The van der Waals surface area contributed by atoms with E-state index in [4.69, 9.17) is 0 Å². The zero-order chi connectivity index (χ0) is 13.8. The highest BCUT2D eigenvalue weighted by atomic mass is 16.6. The molecular formula is C14H20N2O3. The predicted octanol–water partition coefficient (Wildman–Crippen LogP) is 2.64. The third-order valence-electron chi connectivity index (χ3n) is 3.80. The van der Waals surface area contributed by atoms with E-state index in [1.54, 1.807) is 19.1 Å². The summed E-state index contributed by atoms with van der Waals surface area (Å²) in [4.78, 5) is 12.7. The third-order valence-corrected chi connectivity index (χ3v) is 3.80. The van der Waals surface area contributed by atoms with E-state index in [1.807, 2.05) is 6.07 Å². The Bertz CT molecular complexity index is 462. The van der Waals surface area contributed by atoms with Gasteiger partial charge in [-0.2, -0.15) is 0 Å². The van der Waals surface area contributed by atoms with Crippen molar-refractivity contribution in [3.05, 3.63) is 33.9 Å². The highest BCUT2D eigenvalue weighted by Crippen LogP contribution is 2.28. The minimum absolute atomic E-state index is 0.128. The Morgan fingerprint density at radius 3 is 2.84 bits per heavy atom. The van der Waals surface area contributed by atoms with Gasteiger partial charge < -0.3 is 10.0 Å². The van der Waals surface area contributed by atoms with Gasteiger partial charge in [-0.1, -0.05) is 12.8 Å². The Kier molecular flexibility index (Phi) is 4.37. The Morgan fingerprint density at radius 1 is 1.42 bits per heavy atom. The summed E-state index contributed by atoms with van der Waals surface area (Å²) in [6.07, 6.45) is 4.39. The second-order valence-corrected chi connectivity index (χ2v) is 5.11. The molecule has 1 fully saturated rings. The zero-order valence-electron chi connectivity index (χ0n) is 11.2. The first-order valence-electron chi connectivity index (χ1n) is 6.76. The quantitative estimate of drug-likeness (QED) is 0.673. The van der Waals surface area contributed by atoms with Gasteiger partial charge in [0.05, 0.1) is 17.6 Å². The summed E-state index contributed by atoms with van der Waals surface area (Å²) in [5, 5.41) is 20.3. The van der Waals surface area contributed by atoms with Crippen molar-refractivity contribution in [2.24, 2.45) is 0 Å². The van der Waals surface area contributed by atoms with Crippen LogP contribution >= 0.6 is 0 Å². The number of hydrogen-bond donors (Lipinski definition) is 1. The molecule has 0 aromatic heterocycles. The van der Waals surface area contributed by atoms with Crippen LogP contribution in [0.3, 0.4) is 0 Å². The van der Waals surface area contributed by atoms with Crippen molar-refractivity contribution in [2.75, 3.05) is 18.1 Å². The second-order valence-electron chi connectivity index (χ2n) is 5.11. The standard InChI is InChI=1S/C14H20N2O3/c1-11-9-12(6-7-14(11)16(18)19)15-8-4-2-3-5-13(15)10-17/h6-7,9,13,17H,2-5,8,10H2,1H3. The summed E-state index contributed by atoms with van der Waals surface area (Å²) < 4.78 is 0. The lowest BCUT2D eigenvalue weighted by Crippen LogP contribution is -2.37. The van der Waals surface area contributed by atoms with E-state index in [1.165, 1.54) is 6.42 Å². The maximum Gasteiger partial charge on any atom is 0.272 e. The molecule has 0 amide bonds. The smallest absolute Gasteiger partial charge is 0.272 e. The molecule has 1 heterocycles. The van der Waals surface area contributed by atoms with E-state index < -0.39 is 0 Å². The van der Waals surface area contributed by atoms with E-state index in [0.717, 1.165) is 31.5 Å². The minimum atomic E-state index is -0.356. The van der Waals surface area contributed by atoms with E-state index >= 15 is 0 Å². The van der Waals surface area contributed by atoms with Gasteiger partial charge in [0, 0.05) is 23.9 Å². The molecule has 0 aliphatic carbocycles. The van der Waals surface area contributed by atoms with Gasteiger partial charge in [-0.3, -0.25) is 10.1 Å². The molecule has 104 valence electrons. The normalized spacial score (nSPS) is 20.1. The number of nitrogens with zero attached hydrogens (tertiary/aromatic N) is 2. The van der Waals surface area contributed by atoms with Gasteiger partial charge in [0.1, 0.15) is 0 Å². The summed E-state index contributed by atoms with van der Waals surface area (Å²) in [6, 6.07) is 5.33. The molecule has 1 saturated heterocycles. The Labute approximate surface area is 113 Å². The van der Waals surface area contributed by atoms with Gasteiger partial charge in [0.25, 0.3) is 5.69 Å². The lowest BCUT2D eigenvalue weighted by Gasteiger charge is -2.31. The van der Waals surface area contributed by atoms with Crippen molar-refractivity contribution in [2.45, 2.75) is 38.6 Å². The van der Waals surface area contributed by atoms with Crippen LogP contribution in [0.5, 0.6) is 0 Å². The van der Waals surface area contributed by atoms with Crippen molar-refractivity contribution in [1.82, 2.24) is 0 Å². The van der Waals surface area contributed by atoms with E-state index in [0.29, 0.717) is 5.56 Å². The predicted molar refractivity (Wildman–Crippen MR) is 74.5 cm³/mol. The molecule has 0 radical (unpaired) electrons. The van der Waals surface area contributed by atoms with Crippen LogP contribution in [0.15, 0.2) is 18.2 Å². The topological polar surface area (TPSA) is 66.6 Å². The first-order chi connectivity index (χ1) is 9.13. The van der Waals surface area contributed by atoms with Crippen LogP contribution in [0, 0.1) is 17.0 Å². The maximum atomic E-state index is 10.8. The highest BCUT2D eigenvalue weighted by Gasteiger charge is 2.22. The lowest BCUT2D eigenvalue weighted by atomic mass is 10.1. The van der Waals surface area contributed by atoms with Gasteiger partial charge in [-0.25, -0.2) is 0 Å². The molecule has 2 rings (SSSR count). The Balaban J connectivity index is 2.28. The number of nitro groups is 1. The van der Waals surface area contributed by atoms with E-state index in [9.17, 15) is 15.2 Å². The lowest BCUT2D eigenvalue weighted by molar-refractivity contribution is -0.385. The first kappa shape index (κ1) is 13.8. The fraction of sp³-hybridized carbons (Fsp3) is 0.571. The summed E-state index contributed by atoms with van der Waals surface area (Å²) in [7, 11) is 0. The molecule has 1 aliphatic heterocycles. The molecule has 1 atom stereocenters. The van der Waals surface area contributed by atoms with Crippen molar-refractivity contribution in [3.63, 3.8) is 0 Å². The first-order valence-corrected chi connectivity index (χ1v) is 6.76. The monoisotopic (exact) mass is 264 g/mol. The fourth-order valence-electron chi connectivity index (χ4n) is 2.73. The molecule has 1 aromatic rings. The number of nitro benzene ring substituents is 1. The van der Waals surface area contributed by atoms with Crippen LogP contribution in [0.25, 0.3) is 0 Å². The summed E-state index contributed by atoms with van der Waals surface area (Å²) in [6.45, 7) is 2.80. The molecule has 1 unspecified atom stereocenters. The van der Waals surface area contributed by atoms with Crippen LogP contribution < -0.4 is 4.90 Å². The van der Waals surface area contributed by atoms with Crippen molar-refractivity contribution >= 4 is 11.4 Å². The molecule has 0 saturated carbocycles. The fourth-order valence-corrected chi connectivity index (χ4v) is 2.73. The van der Waals surface area contributed by atoms with Gasteiger partial charge in [0.15, 0.2) is 0 Å². The number of rotatable bonds is 3. The van der Waals surface area contributed by atoms with Crippen molar-refractivity contribution in [3.8, 4) is 0 Å². The van der Waals surface area contributed by atoms with Gasteiger partial charge >= 0.3 is 0 Å². The molecule has 1 N–H and O–H groups in total. The molecule has 1 aromatic carbocycles. The Hall–Kier alpha value is -1.62. The van der Waals surface area contributed by atoms with Crippen LogP contribution in [-0.4, -0.2) is 29.2 Å². The third kappa shape index (κ3) is 3.04. The van der Waals surface area contributed by atoms with Crippen molar-refractivity contribution < 1.29 is 10.0 Å². The largest absolute Gasteiger partial charge is 0.394 e. The number of benzene rings is 1. The zero-order valence-corrected chi connectivity index (χ0v) is 11.2. The SMILES string of the molecule is Cc1cc(N2CCCCCC2CO)ccc1[N+](=O)[O-]. The molecule has 5 nitrogen and oxygen atoms in total. The Morgan fingerprint density at radius 2 is 2.21 bits per heavy atom. The average Bonchev–Trinajstić information content (AvgIpc) is 2.63. The average molecular weight is 264 g/mol. The summed E-state index contributed by atoms with van der Waals surface area (Å²) in [5.74, 6) is 0. The van der Waals surface area contributed by atoms with Crippen LogP contribution in [0.1, 0.15) is 31.2 Å². The second kappa shape index (κ2) is 6.02. The highest BCUT2D eigenvalue weighted by molar-refractivity contribution is 5.56. The van der Waals surface area contributed by atoms with Gasteiger partial charge in [0.2, 0.25) is 0 Å². The van der Waals surface area contributed by atoms with Crippen LogP contribution in [0.2, 0.25) is 0 Å². The van der Waals surface area contributed by atoms with Gasteiger partial charge in [-0.15, -0.1) is 0 Å². The number of aryl methyl sites for hydroxylation is 1. The van der Waals surface area contributed by atoms with E-state index in [2.05, 4.69) is 4.90 Å². The molecule has 19 heavy (non-hydrogen) atoms. The maximum absolute atomic E-state index is 10.8. The molecule has 1 aliphatic rings.